The Hall–Kier alpha value is -3.64. The van der Waals surface area contributed by atoms with Crippen LogP contribution in [0.15, 0.2) is 73.1 Å². The summed E-state index contributed by atoms with van der Waals surface area (Å²) in [6.07, 6.45) is 1.54. The average molecular weight is 415 g/mol. The lowest BCUT2D eigenvalue weighted by molar-refractivity contribution is 0.356. The molecule has 0 bridgehead atoms. The average Bonchev–Trinajstić information content (AvgIpc) is 2.83. The van der Waals surface area contributed by atoms with Crippen molar-refractivity contribution in [3.63, 3.8) is 0 Å². The third-order valence-electron chi connectivity index (χ3n) is 5.19. The largest absolute Gasteiger partial charge is 0.493 e. The van der Waals surface area contributed by atoms with E-state index >= 15 is 0 Å². The van der Waals surface area contributed by atoms with E-state index in [9.17, 15) is 0 Å². The fourth-order valence-corrected chi connectivity index (χ4v) is 3.66. The van der Waals surface area contributed by atoms with Crippen LogP contribution in [0.2, 0.25) is 0 Å². The SMILES string of the molecule is CCN[C@@H](c1ccccc1)c1ccc(Nc2ncnc3cc(OC)c(OC)cc23)cc1. The van der Waals surface area contributed by atoms with Gasteiger partial charge in [-0.05, 0) is 35.9 Å². The zero-order chi connectivity index (χ0) is 21.6. The van der Waals surface area contributed by atoms with Gasteiger partial charge in [0.25, 0.3) is 0 Å². The van der Waals surface area contributed by atoms with Crippen LogP contribution in [0.25, 0.3) is 10.9 Å². The first-order valence-corrected chi connectivity index (χ1v) is 10.3. The number of fused-ring (bicyclic) bond motifs is 1. The molecule has 1 heterocycles. The highest BCUT2D eigenvalue weighted by Crippen LogP contribution is 2.34. The van der Waals surface area contributed by atoms with E-state index in [4.69, 9.17) is 9.47 Å². The van der Waals surface area contributed by atoms with Crippen LogP contribution in [-0.2, 0) is 0 Å². The van der Waals surface area contributed by atoms with E-state index in [1.807, 2.05) is 18.2 Å². The number of hydrogen-bond donors (Lipinski definition) is 2. The number of methoxy groups -OCH3 is 2. The van der Waals surface area contributed by atoms with E-state index in [0.29, 0.717) is 17.3 Å². The Labute approximate surface area is 182 Å². The number of benzene rings is 3. The first kappa shape index (κ1) is 20.6. The van der Waals surface area contributed by atoms with Crippen molar-refractivity contribution in [1.82, 2.24) is 15.3 Å². The van der Waals surface area contributed by atoms with Gasteiger partial charge in [0.2, 0.25) is 0 Å². The molecule has 4 rings (SSSR count). The fraction of sp³-hybridized carbons (Fsp3) is 0.200. The van der Waals surface area contributed by atoms with Crippen LogP contribution in [0.1, 0.15) is 24.1 Å². The van der Waals surface area contributed by atoms with E-state index in [1.54, 1.807) is 20.5 Å². The van der Waals surface area contributed by atoms with Crippen LogP contribution in [0.3, 0.4) is 0 Å². The van der Waals surface area contributed by atoms with Gasteiger partial charge in [-0.15, -0.1) is 0 Å². The molecule has 0 aliphatic heterocycles. The predicted molar refractivity (Wildman–Crippen MR) is 124 cm³/mol. The molecular formula is C25H26N4O2. The number of anilines is 2. The summed E-state index contributed by atoms with van der Waals surface area (Å²) in [6, 6.07) is 22.8. The number of nitrogens with zero attached hydrogens (tertiary/aromatic N) is 2. The molecule has 0 fully saturated rings. The molecule has 0 aliphatic carbocycles. The van der Waals surface area contributed by atoms with Gasteiger partial charge in [0.15, 0.2) is 11.5 Å². The Kier molecular flexibility index (Phi) is 6.29. The summed E-state index contributed by atoms with van der Waals surface area (Å²) in [4.78, 5) is 8.80. The predicted octanol–water partition coefficient (Wildman–Crippen LogP) is 5.09. The lowest BCUT2D eigenvalue weighted by Crippen LogP contribution is -2.21. The number of nitrogens with one attached hydrogen (secondary N) is 2. The Morgan fingerprint density at radius 1 is 0.839 bits per heavy atom. The topological polar surface area (TPSA) is 68.3 Å². The molecule has 2 N–H and O–H groups in total. The van der Waals surface area contributed by atoms with Crippen LogP contribution in [0.4, 0.5) is 11.5 Å². The van der Waals surface area contributed by atoms with Crippen molar-refractivity contribution >= 4 is 22.4 Å². The van der Waals surface area contributed by atoms with Crippen LogP contribution in [0, 0.1) is 0 Å². The second-order valence-corrected chi connectivity index (χ2v) is 7.09. The van der Waals surface area contributed by atoms with Crippen molar-refractivity contribution in [1.29, 1.82) is 0 Å². The van der Waals surface area contributed by atoms with Gasteiger partial charge in [-0.25, -0.2) is 9.97 Å². The van der Waals surface area contributed by atoms with E-state index in [-0.39, 0.29) is 6.04 Å². The highest BCUT2D eigenvalue weighted by atomic mass is 16.5. The molecule has 0 saturated carbocycles. The molecule has 1 atom stereocenters. The number of aromatic nitrogens is 2. The van der Waals surface area contributed by atoms with Crippen molar-refractivity contribution in [3.05, 3.63) is 84.2 Å². The van der Waals surface area contributed by atoms with Gasteiger partial charge < -0.3 is 20.1 Å². The van der Waals surface area contributed by atoms with Gasteiger partial charge in [-0.3, -0.25) is 0 Å². The molecule has 6 heteroatoms. The smallest absolute Gasteiger partial charge is 0.162 e. The van der Waals surface area contributed by atoms with Crippen molar-refractivity contribution < 1.29 is 9.47 Å². The van der Waals surface area contributed by atoms with Crippen LogP contribution in [0.5, 0.6) is 11.5 Å². The molecule has 31 heavy (non-hydrogen) atoms. The Bertz CT molecular complexity index is 1150. The van der Waals surface area contributed by atoms with Gasteiger partial charge >= 0.3 is 0 Å². The molecule has 0 amide bonds. The lowest BCUT2D eigenvalue weighted by Gasteiger charge is -2.19. The first-order chi connectivity index (χ1) is 15.2. The molecule has 0 aliphatic rings. The second kappa shape index (κ2) is 9.45. The van der Waals surface area contributed by atoms with Gasteiger partial charge in [0.1, 0.15) is 12.1 Å². The van der Waals surface area contributed by atoms with Gasteiger partial charge in [-0.2, -0.15) is 0 Å². The third kappa shape index (κ3) is 4.44. The Morgan fingerprint density at radius 3 is 2.19 bits per heavy atom. The summed E-state index contributed by atoms with van der Waals surface area (Å²) in [5, 5.41) is 7.83. The highest BCUT2D eigenvalue weighted by Gasteiger charge is 2.14. The number of rotatable bonds is 8. The maximum absolute atomic E-state index is 5.44. The van der Waals surface area contributed by atoms with Crippen LogP contribution in [-0.4, -0.2) is 30.7 Å². The van der Waals surface area contributed by atoms with Crippen molar-refractivity contribution in [3.8, 4) is 11.5 Å². The minimum absolute atomic E-state index is 0.150. The monoisotopic (exact) mass is 414 g/mol. The maximum Gasteiger partial charge on any atom is 0.162 e. The minimum Gasteiger partial charge on any atom is -0.493 e. The van der Waals surface area contributed by atoms with Crippen molar-refractivity contribution in [2.45, 2.75) is 13.0 Å². The van der Waals surface area contributed by atoms with Crippen molar-refractivity contribution in [2.75, 3.05) is 26.1 Å². The fourth-order valence-electron chi connectivity index (χ4n) is 3.66. The van der Waals surface area contributed by atoms with E-state index in [1.165, 1.54) is 11.1 Å². The van der Waals surface area contributed by atoms with Gasteiger partial charge in [-0.1, -0.05) is 49.4 Å². The molecule has 3 aromatic carbocycles. The summed E-state index contributed by atoms with van der Waals surface area (Å²) >= 11 is 0. The van der Waals surface area contributed by atoms with Crippen molar-refractivity contribution in [2.24, 2.45) is 0 Å². The normalized spacial score (nSPS) is 11.8. The van der Waals surface area contributed by atoms with E-state index in [2.05, 4.69) is 76.1 Å². The summed E-state index contributed by atoms with van der Waals surface area (Å²) < 4.78 is 10.8. The Balaban J connectivity index is 1.62. The zero-order valence-corrected chi connectivity index (χ0v) is 17.9. The summed E-state index contributed by atoms with van der Waals surface area (Å²) in [5.74, 6) is 1.99. The Morgan fingerprint density at radius 2 is 1.52 bits per heavy atom. The summed E-state index contributed by atoms with van der Waals surface area (Å²) in [5.41, 5.74) is 4.18. The summed E-state index contributed by atoms with van der Waals surface area (Å²) in [7, 11) is 3.23. The molecule has 0 radical (unpaired) electrons. The van der Waals surface area contributed by atoms with E-state index in [0.717, 1.165) is 23.1 Å². The molecule has 158 valence electrons. The van der Waals surface area contributed by atoms with Gasteiger partial charge in [0, 0.05) is 17.1 Å². The zero-order valence-electron chi connectivity index (χ0n) is 17.9. The van der Waals surface area contributed by atoms with Crippen LogP contribution >= 0.6 is 0 Å². The standard InChI is InChI=1S/C25H26N4O2/c1-4-26-24(17-8-6-5-7-9-17)18-10-12-19(13-11-18)29-25-20-14-22(30-2)23(31-3)15-21(20)27-16-28-25/h5-16,24,26H,4H2,1-3H3,(H,27,28,29)/t24-/m0/s1. The number of hydrogen-bond acceptors (Lipinski definition) is 6. The molecule has 6 nitrogen and oxygen atoms in total. The molecule has 0 unspecified atom stereocenters. The molecular weight excluding hydrogens is 388 g/mol. The summed E-state index contributed by atoms with van der Waals surface area (Å²) in [6.45, 7) is 3.01. The lowest BCUT2D eigenvalue weighted by atomic mass is 9.98. The first-order valence-electron chi connectivity index (χ1n) is 10.3. The second-order valence-electron chi connectivity index (χ2n) is 7.09. The molecule has 1 aromatic heterocycles. The molecule has 0 spiro atoms. The highest BCUT2D eigenvalue weighted by molar-refractivity contribution is 5.93. The maximum atomic E-state index is 5.44. The van der Waals surface area contributed by atoms with E-state index < -0.39 is 0 Å². The molecule has 0 saturated heterocycles. The minimum atomic E-state index is 0.150. The van der Waals surface area contributed by atoms with Crippen LogP contribution < -0.4 is 20.1 Å². The van der Waals surface area contributed by atoms with Gasteiger partial charge in [0.05, 0.1) is 25.8 Å². The molecule has 4 aromatic rings. The number of ether oxygens (including phenoxy) is 2. The quantitative estimate of drug-likeness (QED) is 0.419. The third-order valence-corrected chi connectivity index (χ3v) is 5.19.